The molecule has 3 nitrogen and oxygen atoms in total. The molecule has 92 valence electrons. The van der Waals surface area contributed by atoms with E-state index in [0.29, 0.717) is 0 Å². The van der Waals surface area contributed by atoms with Gasteiger partial charge >= 0.3 is 0 Å². The Kier molecular flexibility index (Phi) is 2.25. The van der Waals surface area contributed by atoms with Crippen LogP contribution in [0, 0.1) is 0 Å². The molecule has 2 aromatic carbocycles. The molecule has 0 aliphatic carbocycles. The molecule has 0 bridgehead atoms. The highest BCUT2D eigenvalue weighted by atomic mass is 15.4. The maximum Gasteiger partial charge on any atom is 0.0952 e. The second-order valence-corrected chi connectivity index (χ2v) is 4.75. The molecular weight excluding hydrogens is 234 g/mol. The fraction of sp³-hybridized carbons (Fsp3) is 0.0625. The van der Waals surface area contributed by atoms with Gasteiger partial charge in [-0.1, -0.05) is 36.4 Å². The molecule has 1 aliphatic heterocycles. The standard InChI is InChI=1S/C16H13N3/c1-2-5-12-10-13(8-7-11(12)4-1)15-16-14(18-19-15)6-3-9-17-16/h1-10,15,18-19H. The molecule has 0 radical (unpaired) electrons. The largest absolute Gasteiger partial charge is 0.319 e. The quantitative estimate of drug-likeness (QED) is 0.693. The first kappa shape index (κ1) is 10.5. The van der Waals surface area contributed by atoms with Gasteiger partial charge in [-0.15, -0.1) is 0 Å². The zero-order valence-corrected chi connectivity index (χ0v) is 10.3. The molecule has 1 atom stereocenters. The van der Waals surface area contributed by atoms with Crippen molar-refractivity contribution >= 4 is 16.5 Å². The van der Waals surface area contributed by atoms with Crippen molar-refractivity contribution in [3.8, 4) is 0 Å². The summed E-state index contributed by atoms with van der Waals surface area (Å²) >= 11 is 0. The normalized spacial score (nSPS) is 17.2. The van der Waals surface area contributed by atoms with Crippen LogP contribution in [0.4, 0.5) is 5.69 Å². The number of pyridine rings is 1. The van der Waals surface area contributed by atoms with Crippen molar-refractivity contribution in [3.63, 3.8) is 0 Å². The highest BCUT2D eigenvalue weighted by molar-refractivity contribution is 5.83. The minimum atomic E-state index is 0.112. The Bertz CT molecular complexity index is 752. The van der Waals surface area contributed by atoms with Gasteiger partial charge in [0.15, 0.2) is 0 Å². The number of rotatable bonds is 1. The van der Waals surface area contributed by atoms with Crippen molar-refractivity contribution in [2.45, 2.75) is 6.04 Å². The minimum Gasteiger partial charge on any atom is -0.319 e. The van der Waals surface area contributed by atoms with E-state index >= 15 is 0 Å². The minimum absolute atomic E-state index is 0.112. The summed E-state index contributed by atoms with van der Waals surface area (Å²) in [7, 11) is 0. The number of nitrogens with one attached hydrogen (secondary N) is 2. The second kappa shape index (κ2) is 4.07. The lowest BCUT2D eigenvalue weighted by Crippen LogP contribution is -2.19. The fourth-order valence-corrected chi connectivity index (χ4v) is 2.60. The smallest absolute Gasteiger partial charge is 0.0952 e. The van der Waals surface area contributed by atoms with Gasteiger partial charge in [0.1, 0.15) is 0 Å². The van der Waals surface area contributed by atoms with E-state index in [1.807, 2.05) is 18.3 Å². The summed E-state index contributed by atoms with van der Waals surface area (Å²) in [5.74, 6) is 0. The third-order valence-corrected chi connectivity index (χ3v) is 3.57. The van der Waals surface area contributed by atoms with E-state index in [4.69, 9.17) is 0 Å². The van der Waals surface area contributed by atoms with Crippen LogP contribution in [0.3, 0.4) is 0 Å². The Hall–Kier alpha value is -2.39. The molecule has 0 saturated carbocycles. The summed E-state index contributed by atoms with van der Waals surface area (Å²) in [6.45, 7) is 0. The molecule has 0 spiro atoms. The molecular formula is C16H13N3. The Morgan fingerprint density at radius 2 is 1.79 bits per heavy atom. The Labute approximate surface area is 111 Å². The topological polar surface area (TPSA) is 37.0 Å². The lowest BCUT2D eigenvalue weighted by atomic mass is 10.00. The Morgan fingerprint density at radius 1 is 0.895 bits per heavy atom. The van der Waals surface area contributed by atoms with Crippen molar-refractivity contribution in [1.29, 1.82) is 0 Å². The van der Waals surface area contributed by atoms with E-state index in [2.05, 4.69) is 58.3 Å². The first-order chi connectivity index (χ1) is 9.42. The number of hydrazine groups is 1. The number of hydrogen-bond acceptors (Lipinski definition) is 3. The molecule has 3 aromatic rings. The Morgan fingerprint density at radius 3 is 2.74 bits per heavy atom. The molecule has 19 heavy (non-hydrogen) atoms. The van der Waals surface area contributed by atoms with Gasteiger partial charge in [0.2, 0.25) is 0 Å². The van der Waals surface area contributed by atoms with Gasteiger partial charge in [-0.05, 0) is 34.5 Å². The van der Waals surface area contributed by atoms with Crippen LogP contribution < -0.4 is 10.9 Å². The molecule has 1 unspecified atom stereocenters. The maximum atomic E-state index is 4.47. The lowest BCUT2D eigenvalue weighted by Gasteiger charge is -2.11. The molecule has 3 heteroatoms. The highest BCUT2D eigenvalue weighted by Gasteiger charge is 2.24. The van der Waals surface area contributed by atoms with E-state index in [-0.39, 0.29) is 6.04 Å². The number of anilines is 1. The first-order valence-corrected chi connectivity index (χ1v) is 6.37. The summed E-state index contributed by atoms with van der Waals surface area (Å²) in [6, 6.07) is 19.0. The average molecular weight is 247 g/mol. The van der Waals surface area contributed by atoms with Crippen LogP contribution in [0.15, 0.2) is 60.8 Å². The molecule has 0 fully saturated rings. The lowest BCUT2D eigenvalue weighted by molar-refractivity contribution is 0.713. The van der Waals surface area contributed by atoms with E-state index in [9.17, 15) is 0 Å². The van der Waals surface area contributed by atoms with Gasteiger partial charge in [0.05, 0.1) is 17.4 Å². The molecule has 1 aliphatic rings. The van der Waals surface area contributed by atoms with Crippen LogP contribution >= 0.6 is 0 Å². The van der Waals surface area contributed by atoms with Crippen molar-refractivity contribution in [1.82, 2.24) is 10.4 Å². The van der Waals surface area contributed by atoms with Crippen molar-refractivity contribution < 1.29 is 0 Å². The van der Waals surface area contributed by atoms with Gasteiger partial charge in [-0.3, -0.25) is 4.98 Å². The predicted molar refractivity (Wildman–Crippen MR) is 76.8 cm³/mol. The molecule has 1 aromatic heterocycles. The van der Waals surface area contributed by atoms with Crippen molar-refractivity contribution in [2.24, 2.45) is 0 Å². The van der Waals surface area contributed by atoms with Crippen LogP contribution in [-0.2, 0) is 0 Å². The van der Waals surface area contributed by atoms with E-state index in [1.54, 1.807) is 0 Å². The Balaban J connectivity index is 1.83. The number of nitrogens with zero attached hydrogens (tertiary/aromatic N) is 1. The van der Waals surface area contributed by atoms with E-state index < -0.39 is 0 Å². The summed E-state index contributed by atoms with van der Waals surface area (Å²) in [5, 5.41) is 2.52. The maximum absolute atomic E-state index is 4.47. The zero-order valence-electron chi connectivity index (χ0n) is 10.3. The van der Waals surface area contributed by atoms with Gasteiger partial charge in [0, 0.05) is 6.20 Å². The van der Waals surface area contributed by atoms with Gasteiger partial charge in [0.25, 0.3) is 0 Å². The van der Waals surface area contributed by atoms with Crippen LogP contribution in [-0.4, -0.2) is 4.98 Å². The summed E-state index contributed by atoms with van der Waals surface area (Å²) in [4.78, 5) is 4.47. The first-order valence-electron chi connectivity index (χ1n) is 6.37. The van der Waals surface area contributed by atoms with E-state index in [0.717, 1.165) is 11.4 Å². The summed E-state index contributed by atoms with van der Waals surface area (Å²) in [6.07, 6.45) is 1.83. The van der Waals surface area contributed by atoms with Crippen molar-refractivity contribution in [3.05, 3.63) is 72.1 Å². The fourth-order valence-electron chi connectivity index (χ4n) is 2.60. The predicted octanol–water partition coefficient (Wildman–Crippen LogP) is 3.25. The van der Waals surface area contributed by atoms with E-state index in [1.165, 1.54) is 16.3 Å². The average Bonchev–Trinajstić information content (AvgIpc) is 2.91. The van der Waals surface area contributed by atoms with Gasteiger partial charge in [-0.2, -0.15) is 0 Å². The highest BCUT2D eigenvalue weighted by Crippen LogP contribution is 2.32. The molecule has 4 rings (SSSR count). The monoisotopic (exact) mass is 247 g/mol. The van der Waals surface area contributed by atoms with Crippen LogP contribution in [0.1, 0.15) is 17.3 Å². The number of fused-ring (bicyclic) bond motifs is 2. The SMILES string of the molecule is c1cnc2c(c1)NNC2c1ccc2ccccc2c1. The van der Waals surface area contributed by atoms with Crippen LogP contribution in [0.25, 0.3) is 10.8 Å². The second-order valence-electron chi connectivity index (χ2n) is 4.75. The van der Waals surface area contributed by atoms with Gasteiger partial charge in [-0.25, -0.2) is 5.43 Å². The van der Waals surface area contributed by atoms with Gasteiger partial charge < -0.3 is 5.43 Å². The summed E-state index contributed by atoms with van der Waals surface area (Å²) < 4.78 is 0. The number of hydrogen-bond donors (Lipinski definition) is 2. The van der Waals surface area contributed by atoms with Crippen LogP contribution in [0.5, 0.6) is 0 Å². The molecule has 0 amide bonds. The number of benzene rings is 2. The summed E-state index contributed by atoms with van der Waals surface area (Å²) in [5.41, 5.74) is 9.81. The molecule has 0 saturated heterocycles. The third-order valence-electron chi connectivity index (χ3n) is 3.57. The number of aromatic nitrogens is 1. The van der Waals surface area contributed by atoms with Crippen LogP contribution in [0.2, 0.25) is 0 Å². The zero-order chi connectivity index (χ0) is 12.7. The third kappa shape index (κ3) is 1.67. The van der Waals surface area contributed by atoms with Crippen molar-refractivity contribution in [2.75, 3.05) is 5.43 Å². The molecule has 2 heterocycles. The molecule has 2 N–H and O–H groups in total.